The summed E-state index contributed by atoms with van der Waals surface area (Å²) in [7, 11) is 3.03. The number of ether oxygens (including phenoxy) is 2. The minimum absolute atomic E-state index is 0.277. The van der Waals surface area contributed by atoms with Crippen LogP contribution in [-0.4, -0.2) is 25.1 Å². The van der Waals surface area contributed by atoms with Gasteiger partial charge < -0.3 is 14.8 Å². The van der Waals surface area contributed by atoms with Crippen molar-refractivity contribution in [3.63, 3.8) is 0 Å². The number of nitrogens with zero attached hydrogens (tertiary/aromatic N) is 1. The highest BCUT2D eigenvalue weighted by Gasteiger charge is 2.16. The van der Waals surface area contributed by atoms with E-state index in [9.17, 15) is 4.79 Å². The Bertz CT molecular complexity index is 1000. The predicted molar refractivity (Wildman–Crippen MR) is 104 cm³/mol. The van der Waals surface area contributed by atoms with Crippen molar-refractivity contribution in [3.05, 3.63) is 58.2 Å². The van der Waals surface area contributed by atoms with E-state index >= 15 is 0 Å². The summed E-state index contributed by atoms with van der Waals surface area (Å²) in [5.74, 6) is 0.624. The van der Waals surface area contributed by atoms with Crippen LogP contribution in [0.3, 0.4) is 0 Å². The van der Waals surface area contributed by atoms with Crippen LogP contribution in [0.25, 0.3) is 10.9 Å². The molecule has 0 unspecified atom stereocenters. The van der Waals surface area contributed by atoms with Crippen LogP contribution in [0.2, 0.25) is 5.02 Å². The number of hydrogen-bond donors (Lipinski definition) is 1. The standard InChI is InChI=1S/C20H19ClN2O3/c1-11-5-6-16-13(7-11)8-14(12(2)22-16)20(24)23-17-10-18(25-3)15(21)9-19(17)26-4/h5-10H,1-4H3,(H,23,24). The molecule has 1 aromatic heterocycles. The average Bonchev–Trinajstić information content (AvgIpc) is 2.62. The number of aryl methyl sites for hydroxylation is 2. The molecule has 0 aliphatic heterocycles. The van der Waals surface area contributed by atoms with Gasteiger partial charge in [0.25, 0.3) is 5.91 Å². The van der Waals surface area contributed by atoms with Gasteiger partial charge in [-0.25, -0.2) is 0 Å². The number of fused-ring (bicyclic) bond motifs is 1. The Morgan fingerprint density at radius 1 is 1.04 bits per heavy atom. The maximum Gasteiger partial charge on any atom is 0.257 e. The lowest BCUT2D eigenvalue weighted by molar-refractivity contribution is 0.102. The molecule has 0 atom stereocenters. The lowest BCUT2D eigenvalue weighted by Crippen LogP contribution is -2.15. The molecule has 0 aliphatic carbocycles. The van der Waals surface area contributed by atoms with Crippen molar-refractivity contribution in [2.75, 3.05) is 19.5 Å². The van der Waals surface area contributed by atoms with E-state index in [0.29, 0.717) is 33.5 Å². The highest BCUT2D eigenvalue weighted by molar-refractivity contribution is 6.32. The number of nitrogens with one attached hydrogen (secondary N) is 1. The summed E-state index contributed by atoms with van der Waals surface area (Å²) in [5, 5.41) is 4.18. The second kappa shape index (κ2) is 7.22. The van der Waals surface area contributed by atoms with Crippen LogP contribution in [0.5, 0.6) is 11.5 Å². The molecule has 0 bridgehead atoms. The SMILES string of the molecule is COc1cc(NC(=O)c2cc3cc(C)ccc3nc2C)c(OC)cc1Cl. The van der Waals surface area contributed by atoms with Crippen LogP contribution >= 0.6 is 11.6 Å². The average molecular weight is 371 g/mol. The number of methoxy groups -OCH3 is 2. The Morgan fingerprint density at radius 2 is 1.77 bits per heavy atom. The van der Waals surface area contributed by atoms with Crippen molar-refractivity contribution in [2.24, 2.45) is 0 Å². The summed E-state index contributed by atoms with van der Waals surface area (Å²) in [6.07, 6.45) is 0. The lowest BCUT2D eigenvalue weighted by atomic mass is 10.1. The second-order valence-corrected chi connectivity index (χ2v) is 6.37. The third-order valence-electron chi connectivity index (χ3n) is 4.13. The fourth-order valence-electron chi connectivity index (χ4n) is 2.77. The molecular formula is C20H19ClN2O3. The van der Waals surface area contributed by atoms with E-state index in [2.05, 4.69) is 10.3 Å². The van der Waals surface area contributed by atoms with Gasteiger partial charge in [0.05, 0.1) is 41.7 Å². The number of halogens is 1. The van der Waals surface area contributed by atoms with Crippen LogP contribution in [0.15, 0.2) is 36.4 Å². The van der Waals surface area contributed by atoms with Crippen LogP contribution in [0.1, 0.15) is 21.6 Å². The Hall–Kier alpha value is -2.79. The predicted octanol–water partition coefficient (Wildman–Crippen LogP) is 4.77. The summed E-state index contributed by atoms with van der Waals surface area (Å²) >= 11 is 6.11. The molecule has 0 fully saturated rings. The Labute approximate surface area is 156 Å². The Morgan fingerprint density at radius 3 is 2.46 bits per heavy atom. The number of hydrogen-bond acceptors (Lipinski definition) is 4. The first-order valence-corrected chi connectivity index (χ1v) is 8.41. The third kappa shape index (κ3) is 3.44. The lowest BCUT2D eigenvalue weighted by Gasteiger charge is -2.14. The highest BCUT2D eigenvalue weighted by atomic mass is 35.5. The van der Waals surface area contributed by atoms with Crippen molar-refractivity contribution in [2.45, 2.75) is 13.8 Å². The van der Waals surface area contributed by atoms with E-state index in [1.807, 2.05) is 38.1 Å². The molecule has 5 nitrogen and oxygen atoms in total. The zero-order valence-electron chi connectivity index (χ0n) is 15.0. The van der Waals surface area contributed by atoms with Gasteiger partial charge in [0.1, 0.15) is 11.5 Å². The van der Waals surface area contributed by atoms with Gasteiger partial charge in [-0.05, 0) is 32.0 Å². The number of carbonyl (C=O) groups is 1. The zero-order valence-corrected chi connectivity index (χ0v) is 15.8. The molecule has 134 valence electrons. The molecule has 26 heavy (non-hydrogen) atoms. The van der Waals surface area contributed by atoms with E-state index in [-0.39, 0.29) is 5.91 Å². The molecule has 0 aliphatic rings. The first-order valence-electron chi connectivity index (χ1n) is 8.04. The van der Waals surface area contributed by atoms with Crippen molar-refractivity contribution < 1.29 is 14.3 Å². The summed E-state index contributed by atoms with van der Waals surface area (Å²) in [6, 6.07) is 11.0. The quantitative estimate of drug-likeness (QED) is 0.718. The van der Waals surface area contributed by atoms with Gasteiger partial charge in [0, 0.05) is 17.5 Å². The van der Waals surface area contributed by atoms with E-state index in [1.54, 1.807) is 12.1 Å². The number of carbonyl (C=O) groups excluding carboxylic acids is 1. The number of anilines is 1. The van der Waals surface area contributed by atoms with E-state index in [0.717, 1.165) is 16.5 Å². The molecule has 3 rings (SSSR count). The molecule has 3 aromatic rings. The first kappa shape index (κ1) is 18.0. The third-order valence-corrected chi connectivity index (χ3v) is 4.42. The van der Waals surface area contributed by atoms with Crippen LogP contribution in [0.4, 0.5) is 5.69 Å². The van der Waals surface area contributed by atoms with Crippen molar-refractivity contribution in [3.8, 4) is 11.5 Å². The van der Waals surface area contributed by atoms with Gasteiger partial charge in [-0.2, -0.15) is 0 Å². The molecule has 0 saturated heterocycles. The van der Waals surface area contributed by atoms with E-state index < -0.39 is 0 Å². The minimum atomic E-state index is -0.277. The number of benzene rings is 2. The second-order valence-electron chi connectivity index (χ2n) is 5.96. The highest BCUT2D eigenvalue weighted by Crippen LogP contribution is 2.36. The van der Waals surface area contributed by atoms with Crippen molar-refractivity contribution >= 4 is 34.1 Å². The molecule has 1 heterocycles. The minimum Gasteiger partial charge on any atom is -0.495 e. The molecule has 1 amide bonds. The summed E-state index contributed by atoms with van der Waals surface area (Å²) in [4.78, 5) is 17.4. The van der Waals surface area contributed by atoms with Crippen LogP contribution in [-0.2, 0) is 0 Å². The van der Waals surface area contributed by atoms with E-state index in [4.69, 9.17) is 21.1 Å². The van der Waals surface area contributed by atoms with Gasteiger partial charge in [0.15, 0.2) is 0 Å². The van der Waals surface area contributed by atoms with Crippen LogP contribution in [0, 0.1) is 13.8 Å². The molecule has 1 N–H and O–H groups in total. The van der Waals surface area contributed by atoms with Crippen molar-refractivity contribution in [1.29, 1.82) is 0 Å². The van der Waals surface area contributed by atoms with Gasteiger partial charge in [-0.3, -0.25) is 9.78 Å². The maximum absolute atomic E-state index is 12.8. The fraction of sp³-hybridized carbons (Fsp3) is 0.200. The molecular weight excluding hydrogens is 352 g/mol. The van der Waals surface area contributed by atoms with Crippen molar-refractivity contribution in [1.82, 2.24) is 4.98 Å². The summed E-state index contributed by atoms with van der Waals surface area (Å²) < 4.78 is 10.5. The zero-order chi connectivity index (χ0) is 18.8. The number of rotatable bonds is 4. The molecule has 0 spiro atoms. The monoisotopic (exact) mass is 370 g/mol. The normalized spacial score (nSPS) is 10.7. The van der Waals surface area contributed by atoms with Gasteiger partial charge in [0.2, 0.25) is 0 Å². The maximum atomic E-state index is 12.8. The first-order chi connectivity index (χ1) is 12.4. The molecule has 0 saturated carbocycles. The summed E-state index contributed by atoms with van der Waals surface area (Å²) in [5.41, 5.74) is 3.59. The molecule has 2 aromatic carbocycles. The van der Waals surface area contributed by atoms with Gasteiger partial charge in [-0.1, -0.05) is 23.2 Å². The van der Waals surface area contributed by atoms with Gasteiger partial charge >= 0.3 is 0 Å². The Kier molecular flexibility index (Phi) is 5.00. The molecule has 6 heteroatoms. The van der Waals surface area contributed by atoms with E-state index in [1.165, 1.54) is 14.2 Å². The summed E-state index contributed by atoms with van der Waals surface area (Å²) in [6.45, 7) is 3.82. The topological polar surface area (TPSA) is 60.5 Å². The van der Waals surface area contributed by atoms with Gasteiger partial charge in [-0.15, -0.1) is 0 Å². The Balaban J connectivity index is 2.00. The smallest absolute Gasteiger partial charge is 0.257 e. The number of pyridine rings is 1. The largest absolute Gasteiger partial charge is 0.495 e. The fourth-order valence-corrected chi connectivity index (χ4v) is 3.00. The molecule has 0 radical (unpaired) electrons. The number of amides is 1. The van der Waals surface area contributed by atoms with Crippen LogP contribution < -0.4 is 14.8 Å². The number of aromatic nitrogens is 1.